The lowest BCUT2D eigenvalue weighted by atomic mass is 9.48. The highest BCUT2D eigenvalue weighted by Gasteiger charge is 2.59. The summed E-state index contributed by atoms with van der Waals surface area (Å²) in [5.41, 5.74) is 1.23. The fourth-order valence-electron chi connectivity index (χ4n) is 6.74. The number of fused-ring (bicyclic) bond motifs is 5. The average molecular weight is 347 g/mol. The van der Waals surface area contributed by atoms with Gasteiger partial charge in [-0.05, 0) is 79.3 Å². The third kappa shape index (κ3) is 2.08. The van der Waals surface area contributed by atoms with Gasteiger partial charge in [0, 0.05) is 17.4 Å². The molecule has 0 N–H and O–H groups in total. The Hall–Kier alpha value is -0.890. The van der Waals surface area contributed by atoms with Gasteiger partial charge in [-0.2, -0.15) is 0 Å². The summed E-state index contributed by atoms with van der Waals surface area (Å²) in [6.45, 7) is 6.42. The summed E-state index contributed by atoms with van der Waals surface area (Å²) in [6.07, 6.45) is 10.0. The van der Waals surface area contributed by atoms with Crippen molar-refractivity contribution in [2.75, 3.05) is 0 Å². The number of ketones is 2. The van der Waals surface area contributed by atoms with E-state index in [2.05, 4.69) is 19.9 Å². The summed E-state index contributed by atoms with van der Waals surface area (Å²) in [6, 6.07) is 0. The second kappa shape index (κ2) is 5.30. The second-order valence-corrected chi connectivity index (χ2v) is 9.44. The van der Waals surface area contributed by atoms with E-state index in [0.29, 0.717) is 30.0 Å². The molecular weight excluding hydrogens is 320 g/mol. The number of halogens is 1. The highest BCUT2D eigenvalue weighted by Crippen LogP contribution is 2.66. The minimum Gasteiger partial charge on any atom is -0.300 e. The molecule has 0 aromatic heterocycles. The molecule has 4 aliphatic carbocycles. The number of hydrogen-bond donors (Lipinski definition) is 0. The van der Waals surface area contributed by atoms with Crippen molar-refractivity contribution in [3.63, 3.8) is 0 Å². The molecule has 0 heterocycles. The Morgan fingerprint density at radius 3 is 2.62 bits per heavy atom. The standard InChI is InChI=1S/C21H27ClO2/c1-12(23)15-4-5-16-14-11-19(22)18-10-13(24)6-8-21(18,3)17(14)7-9-20(15,16)2/h10-11,14-17H,4-9H2,1-3H3/t14-,15?,16?,17?,20+,21+/m0/s1. The van der Waals surface area contributed by atoms with Crippen LogP contribution in [-0.2, 0) is 9.59 Å². The molecule has 0 aromatic rings. The van der Waals surface area contributed by atoms with Gasteiger partial charge in [-0.25, -0.2) is 0 Å². The molecule has 4 rings (SSSR count). The first-order valence-corrected chi connectivity index (χ1v) is 9.78. The van der Waals surface area contributed by atoms with E-state index in [0.717, 1.165) is 42.7 Å². The smallest absolute Gasteiger partial charge is 0.156 e. The first-order chi connectivity index (χ1) is 11.3. The van der Waals surface area contributed by atoms with Crippen molar-refractivity contribution in [1.82, 2.24) is 0 Å². The predicted molar refractivity (Wildman–Crippen MR) is 95.6 cm³/mol. The van der Waals surface area contributed by atoms with Crippen LogP contribution in [0.15, 0.2) is 22.8 Å². The maximum atomic E-state index is 12.2. The zero-order chi connectivity index (χ0) is 17.3. The molecule has 2 saturated carbocycles. The van der Waals surface area contributed by atoms with Crippen LogP contribution in [0.1, 0.15) is 59.3 Å². The Morgan fingerprint density at radius 1 is 1.17 bits per heavy atom. The van der Waals surface area contributed by atoms with Crippen LogP contribution in [0.3, 0.4) is 0 Å². The molecule has 0 aliphatic heterocycles. The topological polar surface area (TPSA) is 34.1 Å². The Balaban J connectivity index is 1.77. The zero-order valence-electron chi connectivity index (χ0n) is 14.9. The van der Waals surface area contributed by atoms with Crippen LogP contribution in [0, 0.1) is 34.5 Å². The summed E-state index contributed by atoms with van der Waals surface area (Å²) in [5.74, 6) is 2.35. The van der Waals surface area contributed by atoms with Gasteiger partial charge < -0.3 is 0 Å². The fourth-order valence-corrected chi connectivity index (χ4v) is 7.16. The Labute approximate surface area is 149 Å². The van der Waals surface area contributed by atoms with Crippen molar-refractivity contribution in [2.45, 2.75) is 59.3 Å². The molecule has 0 radical (unpaired) electrons. The maximum absolute atomic E-state index is 12.2. The van der Waals surface area contributed by atoms with Crippen molar-refractivity contribution < 1.29 is 9.59 Å². The van der Waals surface area contributed by atoms with Crippen molar-refractivity contribution in [1.29, 1.82) is 0 Å². The lowest BCUT2D eigenvalue weighted by molar-refractivity contribution is -0.127. The van der Waals surface area contributed by atoms with E-state index in [4.69, 9.17) is 11.6 Å². The lowest BCUT2D eigenvalue weighted by Crippen LogP contribution is -2.50. The SMILES string of the molecule is CC(=O)C1CCC2[C@@H]3C=C(Cl)C4=CC(=O)CC[C@]4(C)C3CC[C@]12C. The number of hydrogen-bond acceptors (Lipinski definition) is 2. The van der Waals surface area contributed by atoms with Gasteiger partial charge in [0.2, 0.25) is 0 Å². The van der Waals surface area contributed by atoms with Crippen LogP contribution in [0.4, 0.5) is 0 Å². The number of carbonyl (C=O) groups excluding carboxylic acids is 2. The van der Waals surface area contributed by atoms with E-state index in [9.17, 15) is 9.59 Å². The third-order valence-corrected chi connectivity index (χ3v) is 8.38. The quantitative estimate of drug-likeness (QED) is 0.664. The molecule has 0 amide bonds. The van der Waals surface area contributed by atoms with E-state index in [1.165, 1.54) is 0 Å². The van der Waals surface area contributed by atoms with Crippen LogP contribution in [0.5, 0.6) is 0 Å². The number of Topliss-reactive ketones (excluding diaryl/α,β-unsaturated/α-hetero) is 1. The summed E-state index contributed by atoms with van der Waals surface area (Å²) >= 11 is 6.67. The van der Waals surface area contributed by atoms with Crippen LogP contribution in [0.25, 0.3) is 0 Å². The highest BCUT2D eigenvalue weighted by molar-refractivity contribution is 6.32. The maximum Gasteiger partial charge on any atom is 0.156 e. The van der Waals surface area contributed by atoms with Crippen molar-refractivity contribution in [2.24, 2.45) is 34.5 Å². The minimum atomic E-state index is 0.0278. The molecule has 2 nitrogen and oxygen atoms in total. The number of rotatable bonds is 1. The molecule has 0 saturated heterocycles. The Bertz CT molecular complexity index is 675. The Morgan fingerprint density at radius 2 is 1.92 bits per heavy atom. The monoisotopic (exact) mass is 346 g/mol. The first-order valence-electron chi connectivity index (χ1n) is 9.40. The molecule has 3 heteroatoms. The molecule has 0 bridgehead atoms. The van der Waals surface area contributed by atoms with E-state index in [-0.39, 0.29) is 22.5 Å². The third-order valence-electron chi connectivity index (χ3n) is 8.05. The summed E-state index contributed by atoms with van der Waals surface area (Å²) < 4.78 is 0. The second-order valence-electron chi connectivity index (χ2n) is 9.03. The van der Waals surface area contributed by atoms with Crippen molar-refractivity contribution >= 4 is 23.2 Å². The molecule has 130 valence electrons. The molecule has 4 aliphatic rings. The van der Waals surface area contributed by atoms with Gasteiger partial charge in [-0.3, -0.25) is 9.59 Å². The number of carbonyl (C=O) groups is 2. The Kier molecular flexibility index (Phi) is 3.66. The van der Waals surface area contributed by atoms with E-state index < -0.39 is 0 Å². The molecule has 0 spiro atoms. The summed E-state index contributed by atoms with van der Waals surface area (Å²) in [5, 5.41) is 0.794. The zero-order valence-corrected chi connectivity index (χ0v) is 15.7. The van der Waals surface area contributed by atoms with Crippen LogP contribution in [-0.4, -0.2) is 11.6 Å². The van der Waals surface area contributed by atoms with Gasteiger partial charge in [0.25, 0.3) is 0 Å². The molecule has 6 atom stereocenters. The van der Waals surface area contributed by atoms with E-state index >= 15 is 0 Å². The fraction of sp³-hybridized carbons (Fsp3) is 0.714. The number of allylic oxidation sites excluding steroid dienone is 4. The minimum absolute atomic E-state index is 0.0278. The van der Waals surface area contributed by atoms with Crippen molar-refractivity contribution in [3.8, 4) is 0 Å². The highest BCUT2D eigenvalue weighted by atomic mass is 35.5. The average Bonchev–Trinajstić information content (AvgIpc) is 2.87. The normalized spacial score (nSPS) is 47.2. The van der Waals surface area contributed by atoms with Gasteiger partial charge >= 0.3 is 0 Å². The largest absolute Gasteiger partial charge is 0.300 e. The van der Waals surface area contributed by atoms with Gasteiger partial charge in [0.15, 0.2) is 5.78 Å². The molecule has 2 fully saturated rings. The van der Waals surface area contributed by atoms with Crippen LogP contribution >= 0.6 is 11.6 Å². The lowest BCUT2D eigenvalue weighted by Gasteiger charge is -2.56. The van der Waals surface area contributed by atoms with Crippen LogP contribution < -0.4 is 0 Å². The van der Waals surface area contributed by atoms with Gasteiger partial charge in [0.1, 0.15) is 5.78 Å². The van der Waals surface area contributed by atoms with Crippen molar-refractivity contribution in [3.05, 3.63) is 22.8 Å². The van der Waals surface area contributed by atoms with Gasteiger partial charge in [-0.15, -0.1) is 0 Å². The summed E-state index contributed by atoms with van der Waals surface area (Å²) in [7, 11) is 0. The van der Waals surface area contributed by atoms with Crippen LogP contribution in [0.2, 0.25) is 0 Å². The molecular formula is C21H27ClO2. The van der Waals surface area contributed by atoms with E-state index in [1.807, 2.05) is 0 Å². The molecule has 0 aromatic carbocycles. The van der Waals surface area contributed by atoms with Gasteiger partial charge in [-0.1, -0.05) is 31.5 Å². The molecule has 24 heavy (non-hydrogen) atoms. The van der Waals surface area contributed by atoms with Gasteiger partial charge in [0.05, 0.1) is 0 Å². The van der Waals surface area contributed by atoms with E-state index in [1.54, 1.807) is 13.0 Å². The first kappa shape index (κ1) is 16.6. The predicted octanol–water partition coefficient (Wildman–Crippen LogP) is 5.07. The molecule has 3 unspecified atom stereocenters. The summed E-state index contributed by atoms with van der Waals surface area (Å²) in [4.78, 5) is 24.1.